The normalized spacial score (nSPS) is 20.0. The lowest BCUT2D eigenvalue weighted by Gasteiger charge is -2.29. The first-order valence-electron chi connectivity index (χ1n) is 7.02. The second kappa shape index (κ2) is 5.64. The molecule has 0 spiro atoms. The highest BCUT2D eigenvalue weighted by Gasteiger charge is 2.32. The van der Waals surface area contributed by atoms with Gasteiger partial charge in [0.25, 0.3) is 0 Å². The molecule has 114 valence electrons. The van der Waals surface area contributed by atoms with E-state index in [4.69, 9.17) is 0 Å². The van der Waals surface area contributed by atoms with Crippen LogP contribution in [0.25, 0.3) is 0 Å². The van der Waals surface area contributed by atoms with Crippen LogP contribution in [0.3, 0.4) is 0 Å². The SMILES string of the molecule is Cc1ccc(N(C(=O)C(C)C)[C@@H]2C=CS(=O)(=O)C2)cc1C. The summed E-state index contributed by atoms with van der Waals surface area (Å²) < 4.78 is 23.3. The van der Waals surface area contributed by atoms with Crippen LogP contribution in [0.4, 0.5) is 5.69 Å². The van der Waals surface area contributed by atoms with Gasteiger partial charge in [0.05, 0.1) is 11.8 Å². The minimum Gasteiger partial charge on any atom is -0.304 e. The first kappa shape index (κ1) is 15.8. The van der Waals surface area contributed by atoms with Crippen molar-refractivity contribution >= 4 is 21.4 Å². The number of amides is 1. The molecule has 0 aromatic heterocycles. The van der Waals surface area contributed by atoms with E-state index >= 15 is 0 Å². The lowest BCUT2D eigenvalue weighted by atomic mass is 10.1. The zero-order valence-electron chi connectivity index (χ0n) is 12.8. The van der Waals surface area contributed by atoms with E-state index in [-0.39, 0.29) is 17.6 Å². The maximum absolute atomic E-state index is 12.5. The first-order valence-corrected chi connectivity index (χ1v) is 8.74. The fourth-order valence-corrected chi connectivity index (χ4v) is 3.62. The number of carbonyl (C=O) groups excluding carboxylic acids is 1. The van der Waals surface area contributed by atoms with E-state index in [9.17, 15) is 13.2 Å². The molecule has 5 heteroatoms. The number of carbonyl (C=O) groups is 1. The molecule has 2 rings (SSSR count). The number of hydrogen-bond donors (Lipinski definition) is 0. The van der Waals surface area contributed by atoms with Crippen LogP contribution in [-0.2, 0) is 14.6 Å². The van der Waals surface area contributed by atoms with Crippen molar-refractivity contribution in [2.45, 2.75) is 33.7 Å². The van der Waals surface area contributed by atoms with Gasteiger partial charge in [-0.3, -0.25) is 4.79 Å². The monoisotopic (exact) mass is 307 g/mol. The van der Waals surface area contributed by atoms with Gasteiger partial charge in [0.2, 0.25) is 5.91 Å². The van der Waals surface area contributed by atoms with Gasteiger partial charge >= 0.3 is 0 Å². The number of sulfone groups is 1. The van der Waals surface area contributed by atoms with E-state index in [0.717, 1.165) is 16.8 Å². The maximum atomic E-state index is 12.5. The Morgan fingerprint density at radius 3 is 2.38 bits per heavy atom. The van der Waals surface area contributed by atoms with Crippen molar-refractivity contribution in [1.82, 2.24) is 0 Å². The van der Waals surface area contributed by atoms with Gasteiger partial charge in [-0.05, 0) is 43.2 Å². The van der Waals surface area contributed by atoms with Gasteiger partial charge in [-0.1, -0.05) is 19.9 Å². The summed E-state index contributed by atoms with van der Waals surface area (Å²) in [6.07, 6.45) is 1.60. The highest BCUT2D eigenvalue weighted by atomic mass is 32.2. The topological polar surface area (TPSA) is 54.5 Å². The molecule has 1 aliphatic rings. The molecule has 0 saturated heterocycles. The molecule has 21 heavy (non-hydrogen) atoms. The number of rotatable bonds is 3. The lowest BCUT2D eigenvalue weighted by molar-refractivity contribution is -0.121. The molecule has 0 aliphatic carbocycles. The molecule has 0 saturated carbocycles. The van der Waals surface area contributed by atoms with Gasteiger partial charge in [0, 0.05) is 17.0 Å². The highest BCUT2D eigenvalue weighted by molar-refractivity contribution is 7.94. The molecule has 1 aliphatic heterocycles. The predicted molar refractivity (Wildman–Crippen MR) is 85.0 cm³/mol. The Morgan fingerprint density at radius 1 is 1.24 bits per heavy atom. The summed E-state index contributed by atoms with van der Waals surface area (Å²) in [5.74, 6) is -0.299. The van der Waals surface area contributed by atoms with Gasteiger partial charge in [-0.25, -0.2) is 8.42 Å². The molecule has 0 N–H and O–H groups in total. The van der Waals surface area contributed by atoms with E-state index in [0.29, 0.717) is 0 Å². The summed E-state index contributed by atoms with van der Waals surface area (Å²) in [7, 11) is -3.20. The zero-order valence-corrected chi connectivity index (χ0v) is 13.6. The van der Waals surface area contributed by atoms with Crippen LogP contribution in [0.15, 0.2) is 29.7 Å². The number of aryl methyl sites for hydroxylation is 2. The Bertz CT molecular complexity index is 689. The van der Waals surface area contributed by atoms with Crippen LogP contribution in [0.1, 0.15) is 25.0 Å². The summed E-state index contributed by atoms with van der Waals surface area (Å²) in [6.45, 7) is 7.64. The fraction of sp³-hybridized carbons (Fsp3) is 0.438. The van der Waals surface area contributed by atoms with Crippen LogP contribution < -0.4 is 4.90 Å². The molecule has 4 nitrogen and oxygen atoms in total. The molecule has 1 aromatic rings. The smallest absolute Gasteiger partial charge is 0.230 e. The Kier molecular flexibility index (Phi) is 4.23. The summed E-state index contributed by atoms with van der Waals surface area (Å²) in [6, 6.07) is 5.35. The summed E-state index contributed by atoms with van der Waals surface area (Å²) in [5.41, 5.74) is 2.98. The maximum Gasteiger partial charge on any atom is 0.230 e. The third kappa shape index (κ3) is 3.35. The Labute approximate surface area is 126 Å². The fourth-order valence-electron chi connectivity index (χ4n) is 2.36. The van der Waals surface area contributed by atoms with Crippen molar-refractivity contribution in [2.75, 3.05) is 10.7 Å². The van der Waals surface area contributed by atoms with Gasteiger partial charge in [0.15, 0.2) is 9.84 Å². The molecule has 1 heterocycles. The van der Waals surface area contributed by atoms with E-state index in [1.54, 1.807) is 11.0 Å². The molecule has 0 radical (unpaired) electrons. The number of nitrogens with zero attached hydrogens (tertiary/aromatic N) is 1. The summed E-state index contributed by atoms with van der Waals surface area (Å²) in [4.78, 5) is 14.1. The van der Waals surface area contributed by atoms with Gasteiger partial charge in [0.1, 0.15) is 0 Å². The van der Waals surface area contributed by atoms with Crippen molar-refractivity contribution in [3.63, 3.8) is 0 Å². The summed E-state index contributed by atoms with van der Waals surface area (Å²) in [5, 5.41) is 1.21. The van der Waals surface area contributed by atoms with Crippen molar-refractivity contribution in [1.29, 1.82) is 0 Å². The van der Waals surface area contributed by atoms with Crippen molar-refractivity contribution < 1.29 is 13.2 Å². The van der Waals surface area contributed by atoms with Crippen LogP contribution in [0, 0.1) is 19.8 Å². The lowest BCUT2D eigenvalue weighted by Crippen LogP contribution is -2.43. The molecule has 0 unspecified atom stereocenters. The predicted octanol–water partition coefficient (Wildman–Crippen LogP) is 2.60. The zero-order chi connectivity index (χ0) is 15.8. The van der Waals surface area contributed by atoms with Crippen molar-refractivity contribution in [3.05, 3.63) is 40.8 Å². The number of benzene rings is 1. The summed E-state index contributed by atoms with van der Waals surface area (Å²) >= 11 is 0. The van der Waals surface area contributed by atoms with Crippen molar-refractivity contribution in [2.24, 2.45) is 5.92 Å². The molecule has 0 fully saturated rings. The molecular weight excluding hydrogens is 286 g/mol. The van der Waals surface area contributed by atoms with E-state index in [1.165, 1.54) is 5.41 Å². The third-order valence-corrected chi connectivity index (χ3v) is 5.12. The van der Waals surface area contributed by atoms with Gasteiger partial charge in [-0.2, -0.15) is 0 Å². The Hall–Kier alpha value is -1.62. The third-order valence-electron chi connectivity index (χ3n) is 3.74. The van der Waals surface area contributed by atoms with E-state index in [1.807, 2.05) is 45.9 Å². The molecule has 1 amide bonds. The Morgan fingerprint density at radius 2 is 1.90 bits per heavy atom. The van der Waals surface area contributed by atoms with Gasteiger partial charge in [-0.15, -0.1) is 0 Å². The van der Waals surface area contributed by atoms with Crippen LogP contribution in [0.2, 0.25) is 0 Å². The Balaban J connectivity index is 2.44. The minimum absolute atomic E-state index is 0.0433. The quantitative estimate of drug-likeness (QED) is 0.862. The van der Waals surface area contributed by atoms with Crippen LogP contribution in [-0.4, -0.2) is 26.1 Å². The first-order chi connectivity index (χ1) is 9.71. The van der Waals surface area contributed by atoms with Crippen LogP contribution >= 0.6 is 0 Å². The largest absolute Gasteiger partial charge is 0.304 e. The molecule has 1 aromatic carbocycles. The van der Waals surface area contributed by atoms with Crippen molar-refractivity contribution in [3.8, 4) is 0 Å². The minimum atomic E-state index is -3.20. The molecular formula is C16H21NO3S. The average Bonchev–Trinajstić information content (AvgIpc) is 2.74. The number of anilines is 1. The second-order valence-corrected chi connectivity index (χ2v) is 7.79. The molecule has 0 bridgehead atoms. The van der Waals surface area contributed by atoms with Gasteiger partial charge < -0.3 is 4.90 Å². The highest BCUT2D eigenvalue weighted by Crippen LogP contribution is 2.26. The molecule has 1 atom stereocenters. The van der Waals surface area contributed by atoms with E-state index < -0.39 is 15.9 Å². The van der Waals surface area contributed by atoms with Crippen LogP contribution in [0.5, 0.6) is 0 Å². The standard InChI is InChI=1S/C16H21NO3S/c1-11(2)16(18)17(15-7-8-21(19,20)10-15)14-6-5-12(3)13(4)9-14/h5-9,11,15H,10H2,1-4H3/t15-/m1/s1. The van der Waals surface area contributed by atoms with E-state index in [2.05, 4.69) is 0 Å². The average molecular weight is 307 g/mol. The second-order valence-electron chi connectivity index (χ2n) is 5.86. The number of hydrogen-bond acceptors (Lipinski definition) is 3.